The molecule has 1 rings (SSSR count). The highest BCUT2D eigenvalue weighted by Crippen LogP contribution is 2.12. The van der Waals surface area contributed by atoms with Gasteiger partial charge in [-0.2, -0.15) is 0 Å². The van der Waals surface area contributed by atoms with Gasteiger partial charge in [0.2, 0.25) is 5.91 Å². The van der Waals surface area contributed by atoms with Crippen molar-refractivity contribution < 1.29 is 4.79 Å². The van der Waals surface area contributed by atoms with Crippen LogP contribution in [0, 0.1) is 0 Å². The van der Waals surface area contributed by atoms with E-state index in [1.165, 1.54) is 64.2 Å². The van der Waals surface area contributed by atoms with Gasteiger partial charge in [-0.05, 0) is 51.4 Å². The second kappa shape index (κ2) is 15.5. The van der Waals surface area contributed by atoms with E-state index in [0.29, 0.717) is 5.91 Å². The second-order valence-corrected chi connectivity index (χ2v) is 7.07. The van der Waals surface area contributed by atoms with Crippen LogP contribution in [0.4, 0.5) is 0 Å². The summed E-state index contributed by atoms with van der Waals surface area (Å²) in [5.41, 5.74) is 0. The molecule has 1 fully saturated rings. The number of carbonyl (C=O) groups excluding carboxylic acids is 1. The van der Waals surface area contributed by atoms with Crippen LogP contribution in [-0.2, 0) is 4.79 Å². The standard InChI is InChI=1S/C22H39NO/c1-2-3-4-5-6-7-8-9-10-11-12-13-14-15-16-19-22(24)23-20-17-18-21-23/h8-9,11-12H,2-7,10,13-21H2,1H3. The first-order chi connectivity index (χ1) is 11.8. The van der Waals surface area contributed by atoms with Gasteiger partial charge in [-0.15, -0.1) is 0 Å². The molecule has 1 aliphatic heterocycles. The molecular formula is C22H39NO. The Morgan fingerprint density at radius 1 is 0.792 bits per heavy atom. The number of carbonyl (C=O) groups is 1. The Labute approximate surface area is 150 Å². The summed E-state index contributed by atoms with van der Waals surface area (Å²) in [6, 6.07) is 0. The van der Waals surface area contributed by atoms with E-state index in [4.69, 9.17) is 0 Å². The van der Waals surface area contributed by atoms with Gasteiger partial charge in [0.1, 0.15) is 0 Å². The topological polar surface area (TPSA) is 20.3 Å². The van der Waals surface area contributed by atoms with Gasteiger partial charge in [0.25, 0.3) is 0 Å². The Kier molecular flexibility index (Phi) is 13.5. The lowest BCUT2D eigenvalue weighted by molar-refractivity contribution is -0.130. The van der Waals surface area contributed by atoms with Crippen molar-refractivity contribution in [3.05, 3.63) is 24.3 Å². The molecule has 1 heterocycles. The van der Waals surface area contributed by atoms with Crippen molar-refractivity contribution >= 4 is 5.91 Å². The van der Waals surface area contributed by atoms with Crippen LogP contribution < -0.4 is 0 Å². The van der Waals surface area contributed by atoms with Gasteiger partial charge in [0.05, 0.1) is 0 Å². The minimum Gasteiger partial charge on any atom is -0.343 e. The number of rotatable bonds is 14. The number of amides is 1. The van der Waals surface area contributed by atoms with Gasteiger partial charge in [-0.25, -0.2) is 0 Å². The highest BCUT2D eigenvalue weighted by atomic mass is 16.2. The molecule has 0 aromatic rings. The highest BCUT2D eigenvalue weighted by Gasteiger charge is 2.16. The van der Waals surface area contributed by atoms with Crippen molar-refractivity contribution in [2.75, 3.05) is 13.1 Å². The molecule has 1 aliphatic rings. The molecule has 2 nitrogen and oxygen atoms in total. The van der Waals surface area contributed by atoms with Gasteiger partial charge < -0.3 is 4.90 Å². The van der Waals surface area contributed by atoms with Gasteiger partial charge in [0.15, 0.2) is 0 Å². The molecule has 0 atom stereocenters. The molecule has 0 aliphatic carbocycles. The maximum Gasteiger partial charge on any atom is 0.222 e. The summed E-state index contributed by atoms with van der Waals surface area (Å²) in [4.78, 5) is 13.9. The summed E-state index contributed by atoms with van der Waals surface area (Å²) in [5, 5.41) is 0. The monoisotopic (exact) mass is 333 g/mol. The summed E-state index contributed by atoms with van der Waals surface area (Å²) < 4.78 is 0. The number of nitrogens with zero attached hydrogens (tertiary/aromatic N) is 1. The molecule has 0 N–H and O–H groups in total. The summed E-state index contributed by atoms with van der Waals surface area (Å²) in [6.45, 7) is 4.25. The lowest BCUT2D eigenvalue weighted by Crippen LogP contribution is -2.27. The number of hydrogen-bond acceptors (Lipinski definition) is 1. The van der Waals surface area contributed by atoms with Crippen molar-refractivity contribution in [2.24, 2.45) is 0 Å². The lowest BCUT2D eigenvalue weighted by atomic mass is 10.1. The molecule has 0 aromatic carbocycles. The van der Waals surface area contributed by atoms with Crippen LogP contribution >= 0.6 is 0 Å². The van der Waals surface area contributed by atoms with E-state index in [9.17, 15) is 4.79 Å². The summed E-state index contributed by atoms with van der Waals surface area (Å²) in [7, 11) is 0. The normalized spacial score (nSPS) is 15.1. The Hall–Kier alpha value is -1.05. The van der Waals surface area contributed by atoms with E-state index in [-0.39, 0.29) is 0 Å². The molecule has 0 bridgehead atoms. The lowest BCUT2D eigenvalue weighted by Gasteiger charge is -2.14. The van der Waals surface area contributed by atoms with E-state index in [0.717, 1.165) is 38.8 Å². The van der Waals surface area contributed by atoms with Crippen LogP contribution in [0.2, 0.25) is 0 Å². The number of allylic oxidation sites excluding steroid dienone is 4. The first kappa shape index (κ1) is 21.0. The zero-order valence-corrected chi connectivity index (χ0v) is 16.0. The molecule has 0 aromatic heterocycles. The van der Waals surface area contributed by atoms with E-state index in [2.05, 4.69) is 31.2 Å². The number of likely N-dealkylation sites (tertiary alicyclic amines) is 1. The molecule has 0 saturated carbocycles. The SMILES string of the molecule is CCCCCCCC=CCC=CCCCCCC(=O)N1CCCC1. The molecular weight excluding hydrogens is 294 g/mol. The van der Waals surface area contributed by atoms with Gasteiger partial charge >= 0.3 is 0 Å². The van der Waals surface area contributed by atoms with Gasteiger partial charge in [0, 0.05) is 19.5 Å². The first-order valence-electron chi connectivity index (χ1n) is 10.4. The van der Waals surface area contributed by atoms with Crippen LogP contribution in [0.3, 0.4) is 0 Å². The average molecular weight is 334 g/mol. The van der Waals surface area contributed by atoms with E-state index < -0.39 is 0 Å². The summed E-state index contributed by atoms with van der Waals surface area (Å²) in [5.74, 6) is 0.378. The maximum absolute atomic E-state index is 11.9. The molecule has 1 amide bonds. The van der Waals surface area contributed by atoms with E-state index in [1.807, 2.05) is 4.90 Å². The first-order valence-corrected chi connectivity index (χ1v) is 10.4. The largest absolute Gasteiger partial charge is 0.343 e. The van der Waals surface area contributed by atoms with Crippen molar-refractivity contribution in [3.8, 4) is 0 Å². The summed E-state index contributed by atoms with van der Waals surface area (Å²) >= 11 is 0. The predicted molar refractivity (Wildman–Crippen MR) is 105 cm³/mol. The quantitative estimate of drug-likeness (QED) is 0.265. The minimum atomic E-state index is 0.378. The molecule has 0 spiro atoms. The van der Waals surface area contributed by atoms with E-state index in [1.54, 1.807) is 0 Å². The van der Waals surface area contributed by atoms with Crippen LogP contribution in [0.15, 0.2) is 24.3 Å². The molecule has 0 unspecified atom stereocenters. The average Bonchev–Trinajstić information content (AvgIpc) is 3.13. The van der Waals surface area contributed by atoms with Crippen molar-refractivity contribution in [1.82, 2.24) is 4.90 Å². The summed E-state index contributed by atoms with van der Waals surface area (Å²) in [6.07, 6.45) is 26.1. The minimum absolute atomic E-state index is 0.378. The van der Waals surface area contributed by atoms with Crippen LogP contribution in [-0.4, -0.2) is 23.9 Å². The Balaban J connectivity index is 1.83. The molecule has 2 heteroatoms. The fourth-order valence-electron chi connectivity index (χ4n) is 3.21. The Bertz CT molecular complexity index is 353. The third kappa shape index (κ3) is 11.5. The molecule has 0 radical (unpaired) electrons. The second-order valence-electron chi connectivity index (χ2n) is 7.07. The Morgan fingerprint density at radius 2 is 1.38 bits per heavy atom. The van der Waals surface area contributed by atoms with Gasteiger partial charge in [-0.3, -0.25) is 4.79 Å². The fourth-order valence-corrected chi connectivity index (χ4v) is 3.21. The Morgan fingerprint density at radius 3 is 2.00 bits per heavy atom. The molecule has 1 saturated heterocycles. The van der Waals surface area contributed by atoms with Gasteiger partial charge in [-0.1, -0.05) is 63.3 Å². The van der Waals surface area contributed by atoms with Crippen LogP contribution in [0.5, 0.6) is 0 Å². The smallest absolute Gasteiger partial charge is 0.222 e. The zero-order chi connectivity index (χ0) is 17.3. The van der Waals surface area contributed by atoms with Crippen LogP contribution in [0.1, 0.15) is 96.8 Å². The van der Waals surface area contributed by atoms with Crippen molar-refractivity contribution in [1.29, 1.82) is 0 Å². The highest BCUT2D eigenvalue weighted by molar-refractivity contribution is 5.76. The van der Waals surface area contributed by atoms with E-state index >= 15 is 0 Å². The maximum atomic E-state index is 11.9. The number of unbranched alkanes of at least 4 members (excludes halogenated alkanes) is 8. The zero-order valence-electron chi connectivity index (χ0n) is 16.0. The van der Waals surface area contributed by atoms with Crippen LogP contribution in [0.25, 0.3) is 0 Å². The van der Waals surface area contributed by atoms with Crippen molar-refractivity contribution in [3.63, 3.8) is 0 Å². The third-order valence-corrected chi connectivity index (χ3v) is 4.80. The molecule has 24 heavy (non-hydrogen) atoms. The predicted octanol–water partition coefficient (Wildman–Crippen LogP) is 6.42. The number of hydrogen-bond donors (Lipinski definition) is 0. The van der Waals surface area contributed by atoms with Crippen molar-refractivity contribution in [2.45, 2.75) is 96.8 Å². The molecule has 138 valence electrons. The fraction of sp³-hybridized carbons (Fsp3) is 0.773. The third-order valence-electron chi connectivity index (χ3n) is 4.80.